The minimum Gasteiger partial charge on any atom is -0.393 e. The lowest BCUT2D eigenvalue weighted by atomic mass is 10.2. The molecular weight excluding hydrogens is 326 g/mol. The average Bonchev–Trinajstić information content (AvgIpc) is 2.70. The van der Waals surface area contributed by atoms with Crippen molar-refractivity contribution in [1.82, 2.24) is 19.9 Å². The summed E-state index contributed by atoms with van der Waals surface area (Å²) in [6, 6.07) is 9.98. The quantitative estimate of drug-likeness (QED) is 0.749. The molecule has 0 spiro atoms. The minimum atomic E-state index is 0.574. The summed E-state index contributed by atoms with van der Waals surface area (Å²) in [5, 5.41) is 4.41. The van der Waals surface area contributed by atoms with Crippen LogP contribution in [0.15, 0.2) is 42.9 Å². The number of rotatable bonds is 4. The van der Waals surface area contributed by atoms with Gasteiger partial charge in [-0.25, -0.2) is 9.97 Å². The zero-order valence-corrected chi connectivity index (χ0v) is 14.9. The maximum absolute atomic E-state index is 6.41. The molecular formula is C19H23N7. The van der Waals surface area contributed by atoms with Crippen LogP contribution in [0.1, 0.15) is 6.92 Å². The molecule has 4 rings (SSSR count). The Labute approximate surface area is 152 Å². The summed E-state index contributed by atoms with van der Waals surface area (Å²) in [5.41, 5.74) is 8.76. The number of para-hydroxylation sites is 1. The van der Waals surface area contributed by atoms with Crippen LogP contribution < -0.4 is 16.0 Å². The Balaban J connectivity index is 1.62. The van der Waals surface area contributed by atoms with Crippen LogP contribution >= 0.6 is 0 Å². The summed E-state index contributed by atoms with van der Waals surface area (Å²) < 4.78 is 0. The van der Waals surface area contributed by atoms with Crippen molar-refractivity contribution in [3.8, 4) is 0 Å². The van der Waals surface area contributed by atoms with E-state index in [4.69, 9.17) is 5.73 Å². The lowest BCUT2D eigenvalue weighted by Gasteiger charge is -2.35. The van der Waals surface area contributed by atoms with Crippen molar-refractivity contribution in [2.24, 2.45) is 0 Å². The van der Waals surface area contributed by atoms with Crippen LogP contribution in [-0.2, 0) is 0 Å². The SMILES string of the molecule is CCN1CCN(c2ncnc(Nc3cccc4cccnc34)c2N)CC1. The van der Waals surface area contributed by atoms with Gasteiger partial charge in [0.25, 0.3) is 0 Å². The van der Waals surface area contributed by atoms with E-state index in [0.29, 0.717) is 11.5 Å². The smallest absolute Gasteiger partial charge is 0.159 e. The number of likely N-dealkylation sites (N-methyl/N-ethyl adjacent to an activating group) is 1. The van der Waals surface area contributed by atoms with E-state index < -0.39 is 0 Å². The van der Waals surface area contributed by atoms with Gasteiger partial charge in [-0.05, 0) is 18.7 Å². The van der Waals surface area contributed by atoms with Crippen molar-refractivity contribution in [3.05, 3.63) is 42.9 Å². The summed E-state index contributed by atoms with van der Waals surface area (Å²) in [7, 11) is 0. The molecule has 1 aliphatic heterocycles. The monoisotopic (exact) mass is 349 g/mol. The van der Waals surface area contributed by atoms with Gasteiger partial charge >= 0.3 is 0 Å². The number of piperazine rings is 1. The van der Waals surface area contributed by atoms with Gasteiger partial charge in [-0.2, -0.15) is 0 Å². The molecule has 0 saturated carbocycles. The standard InChI is InChI=1S/C19H23N7/c1-2-25-9-11-26(12-10-25)19-16(20)18(22-13-23-19)24-15-7-3-5-14-6-4-8-21-17(14)15/h3-8,13H,2,9-12,20H2,1H3,(H,22,23,24). The first kappa shape index (κ1) is 16.5. The third kappa shape index (κ3) is 3.13. The van der Waals surface area contributed by atoms with Crippen LogP contribution in [0.3, 0.4) is 0 Å². The average molecular weight is 349 g/mol. The van der Waals surface area contributed by atoms with Gasteiger partial charge < -0.3 is 20.9 Å². The number of nitrogens with two attached hydrogens (primary N) is 1. The predicted molar refractivity (Wildman–Crippen MR) is 106 cm³/mol. The maximum atomic E-state index is 6.41. The number of benzene rings is 1. The first-order valence-corrected chi connectivity index (χ1v) is 8.95. The van der Waals surface area contributed by atoms with Crippen LogP contribution in [0.25, 0.3) is 10.9 Å². The third-order valence-corrected chi connectivity index (χ3v) is 4.87. The van der Waals surface area contributed by atoms with Gasteiger partial charge in [0.15, 0.2) is 11.6 Å². The molecule has 1 fully saturated rings. The second-order valence-corrected chi connectivity index (χ2v) is 6.39. The molecule has 1 aromatic carbocycles. The van der Waals surface area contributed by atoms with Crippen molar-refractivity contribution in [1.29, 1.82) is 0 Å². The van der Waals surface area contributed by atoms with Gasteiger partial charge in [0, 0.05) is 37.8 Å². The van der Waals surface area contributed by atoms with E-state index in [1.807, 2.05) is 30.3 Å². The predicted octanol–water partition coefficient (Wildman–Crippen LogP) is 2.49. The fourth-order valence-electron chi connectivity index (χ4n) is 3.35. The molecule has 0 atom stereocenters. The molecule has 0 aliphatic carbocycles. The van der Waals surface area contributed by atoms with Gasteiger partial charge in [0.1, 0.15) is 12.0 Å². The van der Waals surface area contributed by atoms with Gasteiger partial charge in [0.2, 0.25) is 0 Å². The number of aromatic nitrogens is 3. The largest absolute Gasteiger partial charge is 0.393 e. The van der Waals surface area contributed by atoms with E-state index in [-0.39, 0.29) is 0 Å². The Morgan fingerprint density at radius 3 is 2.65 bits per heavy atom. The van der Waals surface area contributed by atoms with Gasteiger partial charge in [-0.3, -0.25) is 4.98 Å². The molecule has 0 radical (unpaired) electrons. The van der Waals surface area contributed by atoms with E-state index in [9.17, 15) is 0 Å². The summed E-state index contributed by atoms with van der Waals surface area (Å²) in [6.45, 7) is 7.16. The topological polar surface area (TPSA) is 83.2 Å². The Kier molecular flexibility index (Phi) is 4.53. The highest BCUT2D eigenvalue weighted by atomic mass is 15.3. The van der Waals surface area contributed by atoms with Crippen molar-refractivity contribution in [2.75, 3.05) is 48.7 Å². The Morgan fingerprint density at radius 2 is 1.85 bits per heavy atom. The maximum Gasteiger partial charge on any atom is 0.159 e. The Bertz CT molecular complexity index is 898. The number of nitrogens with zero attached hydrogens (tertiary/aromatic N) is 5. The number of pyridine rings is 1. The Hall–Kier alpha value is -2.93. The lowest BCUT2D eigenvalue weighted by molar-refractivity contribution is 0.270. The minimum absolute atomic E-state index is 0.574. The number of nitrogen functional groups attached to an aromatic ring is 1. The molecule has 134 valence electrons. The zero-order chi connectivity index (χ0) is 17.9. The van der Waals surface area contributed by atoms with Gasteiger partial charge in [-0.15, -0.1) is 0 Å². The molecule has 7 nitrogen and oxygen atoms in total. The van der Waals surface area contributed by atoms with E-state index in [1.165, 1.54) is 0 Å². The van der Waals surface area contributed by atoms with Crippen molar-refractivity contribution in [3.63, 3.8) is 0 Å². The van der Waals surface area contributed by atoms with Gasteiger partial charge in [0.05, 0.1) is 11.2 Å². The van der Waals surface area contributed by atoms with Crippen LogP contribution in [0.4, 0.5) is 23.0 Å². The lowest BCUT2D eigenvalue weighted by Crippen LogP contribution is -2.46. The molecule has 0 unspecified atom stereocenters. The van der Waals surface area contributed by atoms with E-state index >= 15 is 0 Å². The van der Waals surface area contributed by atoms with Crippen LogP contribution in [-0.4, -0.2) is 52.6 Å². The number of fused-ring (bicyclic) bond motifs is 1. The number of anilines is 4. The molecule has 26 heavy (non-hydrogen) atoms. The van der Waals surface area contributed by atoms with E-state index in [0.717, 1.165) is 55.1 Å². The Morgan fingerprint density at radius 1 is 1.04 bits per heavy atom. The second kappa shape index (κ2) is 7.13. The summed E-state index contributed by atoms with van der Waals surface area (Å²) in [6.07, 6.45) is 3.36. The van der Waals surface area contributed by atoms with Crippen LogP contribution in [0, 0.1) is 0 Å². The summed E-state index contributed by atoms with van der Waals surface area (Å²) in [5.74, 6) is 1.41. The van der Waals surface area contributed by atoms with Crippen molar-refractivity contribution >= 4 is 33.9 Å². The second-order valence-electron chi connectivity index (χ2n) is 6.39. The number of hydrogen-bond acceptors (Lipinski definition) is 7. The molecule has 3 heterocycles. The van der Waals surface area contributed by atoms with E-state index in [1.54, 1.807) is 12.5 Å². The van der Waals surface area contributed by atoms with E-state index in [2.05, 4.69) is 37.0 Å². The van der Waals surface area contributed by atoms with Crippen molar-refractivity contribution < 1.29 is 0 Å². The zero-order valence-electron chi connectivity index (χ0n) is 14.9. The molecule has 7 heteroatoms. The third-order valence-electron chi connectivity index (χ3n) is 4.87. The molecule has 0 bridgehead atoms. The number of hydrogen-bond donors (Lipinski definition) is 2. The highest BCUT2D eigenvalue weighted by Crippen LogP contribution is 2.31. The molecule has 3 aromatic rings. The van der Waals surface area contributed by atoms with Crippen LogP contribution in [0.2, 0.25) is 0 Å². The molecule has 1 saturated heterocycles. The van der Waals surface area contributed by atoms with Crippen molar-refractivity contribution in [2.45, 2.75) is 6.92 Å². The highest BCUT2D eigenvalue weighted by molar-refractivity contribution is 5.93. The summed E-state index contributed by atoms with van der Waals surface area (Å²) in [4.78, 5) is 17.9. The molecule has 1 aliphatic rings. The highest BCUT2D eigenvalue weighted by Gasteiger charge is 2.20. The fraction of sp³-hybridized carbons (Fsp3) is 0.316. The molecule has 2 aromatic heterocycles. The number of nitrogens with one attached hydrogen (secondary N) is 1. The van der Waals surface area contributed by atoms with Crippen LogP contribution in [0.5, 0.6) is 0 Å². The first-order chi connectivity index (χ1) is 12.8. The molecule has 3 N–H and O–H groups in total. The normalized spacial score (nSPS) is 15.3. The fourth-order valence-corrected chi connectivity index (χ4v) is 3.35. The van der Waals surface area contributed by atoms with Gasteiger partial charge in [-0.1, -0.05) is 25.1 Å². The molecule has 0 amide bonds. The summed E-state index contributed by atoms with van der Waals surface area (Å²) >= 11 is 0. The first-order valence-electron chi connectivity index (χ1n) is 8.95.